The molecule has 1 saturated heterocycles. The Labute approximate surface area is 89.6 Å². The molecular formula is C8H10ClN3OS. The molecule has 2 unspecified atom stereocenters. The van der Waals surface area contributed by atoms with Crippen LogP contribution < -0.4 is 5.32 Å². The molecule has 76 valence electrons. The van der Waals surface area contributed by atoms with Gasteiger partial charge in [-0.15, -0.1) is 0 Å². The molecule has 0 amide bonds. The van der Waals surface area contributed by atoms with Gasteiger partial charge in [0.2, 0.25) is 5.16 Å². The van der Waals surface area contributed by atoms with E-state index in [-0.39, 0.29) is 5.25 Å². The fourth-order valence-electron chi connectivity index (χ4n) is 1.36. The summed E-state index contributed by atoms with van der Waals surface area (Å²) in [5.41, 5.74) is 0. The molecule has 0 aromatic carbocycles. The second kappa shape index (κ2) is 4.33. The SMILES string of the molecule is O=S(c1ncc(Cl)cn1)C1CCNC1. The van der Waals surface area contributed by atoms with Crippen LogP contribution in [0, 0.1) is 0 Å². The van der Waals surface area contributed by atoms with Crippen molar-refractivity contribution in [3.05, 3.63) is 17.4 Å². The van der Waals surface area contributed by atoms with Gasteiger partial charge < -0.3 is 5.32 Å². The molecule has 1 aromatic heterocycles. The van der Waals surface area contributed by atoms with Crippen molar-refractivity contribution < 1.29 is 4.21 Å². The summed E-state index contributed by atoms with van der Waals surface area (Å²) in [4.78, 5) is 7.90. The Hall–Kier alpha value is -0.520. The quantitative estimate of drug-likeness (QED) is 0.758. The monoisotopic (exact) mass is 231 g/mol. The van der Waals surface area contributed by atoms with Crippen LogP contribution in [0.25, 0.3) is 0 Å². The molecule has 2 heterocycles. The lowest BCUT2D eigenvalue weighted by Gasteiger charge is -2.05. The van der Waals surface area contributed by atoms with E-state index < -0.39 is 10.8 Å². The first-order valence-corrected chi connectivity index (χ1v) is 5.95. The Kier molecular flexibility index (Phi) is 3.10. The summed E-state index contributed by atoms with van der Waals surface area (Å²) in [6.07, 6.45) is 3.87. The largest absolute Gasteiger partial charge is 0.315 e. The summed E-state index contributed by atoms with van der Waals surface area (Å²) in [5, 5.41) is 4.14. The maximum Gasteiger partial charge on any atom is 0.218 e. The smallest absolute Gasteiger partial charge is 0.218 e. The lowest BCUT2D eigenvalue weighted by molar-refractivity contribution is 0.664. The minimum atomic E-state index is -1.11. The lowest BCUT2D eigenvalue weighted by atomic mass is 10.4. The summed E-state index contributed by atoms with van der Waals surface area (Å²) in [7, 11) is -1.11. The number of aromatic nitrogens is 2. The first kappa shape index (κ1) is 10.0. The van der Waals surface area contributed by atoms with Crippen molar-refractivity contribution in [1.29, 1.82) is 0 Å². The number of nitrogens with one attached hydrogen (secondary N) is 1. The summed E-state index contributed by atoms with van der Waals surface area (Å²) in [5.74, 6) is 0. The van der Waals surface area contributed by atoms with Gasteiger partial charge in [0.05, 0.1) is 33.5 Å². The summed E-state index contributed by atoms with van der Waals surface area (Å²) in [6, 6.07) is 0. The third-order valence-electron chi connectivity index (χ3n) is 2.09. The molecule has 1 aromatic rings. The van der Waals surface area contributed by atoms with Crippen molar-refractivity contribution in [3.63, 3.8) is 0 Å². The van der Waals surface area contributed by atoms with Crippen LogP contribution in [-0.2, 0) is 10.8 Å². The number of halogens is 1. The van der Waals surface area contributed by atoms with Crippen molar-refractivity contribution in [1.82, 2.24) is 15.3 Å². The van der Waals surface area contributed by atoms with Gasteiger partial charge in [0.1, 0.15) is 0 Å². The van der Waals surface area contributed by atoms with Crippen molar-refractivity contribution in [3.8, 4) is 0 Å². The van der Waals surface area contributed by atoms with Crippen molar-refractivity contribution in [2.24, 2.45) is 0 Å². The summed E-state index contributed by atoms with van der Waals surface area (Å²) >= 11 is 5.64. The van der Waals surface area contributed by atoms with Gasteiger partial charge in [0.25, 0.3) is 0 Å². The fourth-order valence-corrected chi connectivity index (χ4v) is 2.67. The normalized spacial score (nSPS) is 23.6. The minimum absolute atomic E-state index is 0.135. The third kappa shape index (κ3) is 2.10. The fraction of sp³-hybridized carbons (Fsp3) is 0.500. The number of nitrogens with zero attached hydrogens (tertiary/aromatic N) is 2. The van der Waals surface area contributed by atoms with Gasteiger partial charge in [0, 0.05) is 6.54 Å². The predicted octanol–water partition coefficient (Wildman–Crippen LogP) is 0.599. The second-order valence-corrected chi connectivity index (χ2v) is 5.16. The highest BCUT2D eigenvalue weighted by Crippen LogP contribution is 2.13. The van der Waals surface area contributed by atoms with Gasteiger partial charge >= 0.3 is 0 Å². The van der Waals surface area contributed by atoms with Gasteiger partial charge in [-0.1, -0.05) is 11.6 Å². The molecule has 0 aliphatic carbocycles. The van der Waals surface area contributed by atoms with E-state index in [9.17, 15) is 4.21 Å². The second-order valence-electron chi connectivity index (χ2n) is 3.10. The summed E-state index contributed by atoms with van der Waals surface area (Å²) in [6.45, 7) is 1.70. The standard InChI is InChI=1S/C8H10ClN3OS/c9-6-3-11-8(12-4-6)14(13)7-1-2-10-5-7/h3-4,7,10H,1-2,5H2. The van der Waals surface area contributed by atoms with Crippen molar-refractivity contribution >= 4 is 22.4 Å². The Bertz CT molecular complexity index is 337. The van der Waals surface area contributed by atoms with Crippen molar-refractivity contribution in [2.45, 2.75) is 16.8 Å². The molecule has 14 heavy (non-hydrogen) atoms. The minimum Gasteiger partial charge on any atom is -0.315 e. The van der Waals surface area contributed by atoms with Gasteiger partial charge in [-0.25, -0.2) is 9.97 Å². The molecule has 2 rings (SSSR count). The van der Waals surface area contributed by atoms with Crippen LogP contribution in [0.2, 0.25) is 5.02 Å². The van der Waals surface area contributed by atoms with Gasteiger partial charge in [-0.3, -0.25) is 4.21 Å². The summed E-state index contributed by atoms with van der Waals surface area (Å²) < 4.78 is 11.9. The Morgan fingerprint density at radius 1 is 1.50 bits per heavy atom. The number of rotatable bonds is 2. The van der Waals surface area contributed by atoms with Crippen LogP contribution in [0.4, 0.5) is 0 Å². The molecule has 4 nitrogen and oxygen atoms in total. The molecule has 1 aliphatic rings. The van der Waals surface area contributed by atoms with Gasteiger partial charge in [0.15, 0.2) is 0 Å². The van der Waals surface area contributed by atoms with E-state index in [0.29, 0.717) is 10.2 Å². The van der Waals surface area contributed by atoms with Crippen LogP contribution in [0.1, 0.15) is 6.42 Å². The van der Waals surface area contributed by atoms with Crippen LogP contribution >= 0.6 is 11.6 Å². The molecule has 1 N–H and O–H groups in total. The molecule has 6 heteroatoms. The van der Waals surface area contributed by atoms with Gasteiger partial charge in [-0.05, 0) is 13.0 Å². The van der Waals surface area contributed by atoms with Gasteiger partial charge in [-0.2, -0.15) is 0 Å². The highest BCUT2D eigenvalue weighted by atomic mass is 35.5. The number of hydrogen-bond acceptors (Lipinski definition) is 4. The molecule has 2 atom stereocenters. The zero-order chi connectivity index (χ0) is 9.97. The highest BCUT2D eigenvalue weighted by molar-refractivity contribution is 7.85. The van der Waals surface area contributed by atoms with E-state index in [4.69, 9.17) is 11.6 Å². The molecule has 0 saturated carbocycles. The van der Waals surface area contributed by atoms with Crippen molar-refractivity contribution in [2.75, 3.05) is 13.1 Å². The molecule has 1 aliphatic heterocycles. The maximum absolute atomic E-state index is 11.9. The average molecular weight is 232 g/mol. The average Bonchev–Trinajstić information content (AvgIpc) is 2.71. The van der Waals surface area contributed by atoms with E-state index >= 15 is 0 Å². The lowest BCUT2D eigenvalue weighted by Crippen LogP contribution is -2.20. The van der Waals surface area contributed by atoms with E-state index in [1.807, 2.05) is 0 Å². The first-order chi connectivity index (χ1) is 6.77. The van der Waals surface area contributed by atoms with Crippen LogP contribution in [0.3, 0.4) is 0 Å². The van der Waals surface area contributed by atoms with E-state index in [2.05, 4.69) is 15.3 Å². The Morgan fingerprint density at radius 2 is 2.21 bits per heavy atom. The Morgan fingerprint density at radius 3 is 2.79 bits per heavy atom. The highest BCUT2D eigenvalue weighted by Gasteiger charge is 2.23. The van der Waals surface area contributed by atoms with E-state index in [1.165, 1.54) is 12.4 Å². The van der Waals surface area contributed by atoms with Crippen LogP contribution in [0.5, 0.6) is 0 Å². The molecule has 0 spiro atoms. The topological polar surface area (TPSA) is 54.9 Å². The zero-order valence-electron chi connectivity index (χ0n) is 7.44. The number of hydrogen-bond donors (Lipinski definition) is 1. The molecule has 0 radical (unpaired) electrons. The first-order valence-electron chi connectivity index (χ1n) is 4.36. The maximum atomic E-state index is 11.9. The van der Waals surface area contributed by atoms with E-state index in [0.717, 1.165) is 19.5 Å². The zero-order valence-corrected chi connectivity index (χ0v) is 9.01. The van der Waals surface area contributed by atoms with Crippen LogP contribution in [0.15, 0.2) is 17.6 Å². The predicted molar refractivity (Wildman–Crippen MR) is 54.7 cm³/mol. The van der Waals surface area contributed by atoms with E-state index in [1.54, 1.807) is 0 Å². The molecule has 0 bridgehead atoms. The Balaban J connectivity index is 2.14. The molecule has 1 fully saturated rings. The molecular weight excluding hydrogens is 222 g/mol. The van der Waals surface area contributed by atoms with Crippen LogP contribution in [-0.4, -0.2) is 32.5 Å². The third-order valence-corrected chi connectivity index (χ3v) is 3.87.